The number of carbonyl (C=O) groups excluding carboxylic acids is 1. The van der Waals surface area contributed by atoms with E-state index in [1.54, 1.807) is 47.6 Å². The van der Waals surface area contributed by atoms with Crippen molar-refractivity contribution >= 4 is 11.7 Å². The topological polar surface area (TPSA) is 103 Å². The van der Waals surface area contributed by atoms with Gasteiger partial charge in [0, 0.05) is 37.4 Å². The van der Waals surface area contributed by atoms with Crippen LogP contribution in [0.25, 0.3) is 0 Å². The lowest BCUT2D eigenvalue weighted by molar-refractivity contribution is 0.0950. The molecule has 7 heteroatoms. The van der Waals surface area contributed by atoms with Crippen molar-refractivity contribution in [2.75, 3.05) is 5.73 Å². The number of nitrogens with one attached hydrogen (secondary N) is 1. The van der Waals surface area contributed by atoms with Gasteiger partial charge < -0.3 is 15.6 Å². The molecule has 0 atom stereocenters. The second-order valence-corrected chi connectivity index (χ2v) is 7.52. The van der Waals surface area contributed by atoms with E-state index in [2.05, 4.69) is 15.3 Å². The predicted octanol–water partition coefficient (Wildman–Crippen LogP) is 2.79. The Kier molecular flexibility index (Phi) is 6.36. The Morgan fingerprint density at radius 1 is 0.906 bits per heavy atom. The minimum Gasteiger partial charge on any atom is -0.384 e. The molecule has 1 aromatic carbocycles. The zero-order valence-electron chi connectivity index (χ0n) is 17.4. The molecule has 3 aromatic heterocycles. The van der Waals surface area contributed by atoms with Crippen LogP contribution in [0.2, 0.25) is 0 Å². The number of hydrogen-bond donors (Lipinski definition) is 2. The molecule has 32 heavy (non-hydrogen) atoms. The summed E-state index contributed by atoms with van der Waals surface area (Å²) in [6, 6.07) is 18.6. The average Bonchev–Trinajstić information content (AvgIpc) is 2.81. The van der Waals surface area contributed by atoms with Crippen LogP contribution in [0.15, 0.2) is 90.2 Å². The summed E-state index contributed by atoms with van der Waals surface area (Å²) in [5, 5.41) is 2.87. The highest BCUT2D eigenvalue weighted by atomic mass is 16.1. The summed E-state index contributed by atoms with van der Waals surface area (Å²) in [4.78, 5) is 32.6. The van der Waals surface area contributed by atoms with Crippen LogP contribution in [0.5, 0.6) is 0 Å². The maximum Gasteiger partial charge on any atom is 0.253 e. The van der Waals surface area contributed by atoms with Crippen LogP contribution in [0.3, 0.4) is 0 Å². The molecule has 4 rings (SSSR count). The van der Waals surface area contributed by atoms with Gasteiger partial charge in [0.25, 0.3) is 11.5 Å². The van der Waals surface area contributed by atoms with E-state index in [1.165, 1.54) is 0 Å². The number of rotatable bonds is 7. The van der Waals surface area contributed by atoms with Crippen LogP contribution < -0.4 is 16.6 Å². The SMILES string of the molecule is Nc1ccc(CNC(=O)c2cncc(Cc3ccc(Cn4ccccc4=O)cc3)c2)cn1. The molecular formula is C25H23N5O2. The third-order valence-electron chi connectivity index (χ3n) is 5.04. The molecule has 0 saturated carbocycles. The van der Waals surface area contributed by atoms with E-state index in [-0.39, 0.29) is 11.5 Å². The molecule has 0 fully saturated rings. The van der Waals surface area contributed by atoms with Crippen molar-refractivity contribution in [3.63, 3.8) is 0 Å². The monoisotopic (exact) mass is 425 g/mol. The summed E-state index contributed by atoms with van der Waals surface area (Å²) >= 11 is 0. The number of carbonyl (C=O) groups is 1. The van der Waals surface area contributed by atoms with Crippen LogP contribution in [0.4, 0.5) is 5.82 Å². The van der Waals surface area contributed by atoms with Crippen molar-refractivity contribution in [3.8, 4) is 0 Å². The quantitative estimate of drug-likeness (QED) is 0.474. The first-order chi connectivity index (χ1) is 15.6. The van der Waals surface area contributed by atoms with Gasteiger partial charge in [-0.25, -0.2) is 4.98 Å². The first kappa shape index (κ1) is 21.0. The number of hydrogen-bond acceptors (Lipinski definition) is 5. The second kappa shape index (κ2) is 9.70. The Balaban J connectivity index is 1.38. The van der Waals surface area contributed by atoms with Crippen LogP contribution in [0.1, 0.15) is 32.6 Å². The van der Waals surface area contributed by atoms with Crippen molar-refractivity contribution in [2.24, 2.45) is 0 Å². The van der Waals surface area contributed by atoms with Gasteiger partial charge in [-0.05, 0) is 46.9 Å². The van der Waals surface area contributed by atoms with E-state index in [1.807, 2.05) is 42.5 Å². The highest BCUT2D eigenvalue weighted by Crippen LogP contribution is 2.13. The molecule has 1 amide bonds. The van der Waals surface area contributed by atoms with Crippen molar-refractivity contribution < 1.29 is 4.79 Å². The first-order valence-corrected chi connectivity index (χ1v) is 10.2. The maximum atomic E-state index is 12.5. The summed E-state index contributed by atoms with van der Waals surface area (Å²) in [5.74, 6) is 0.249. The van der Waals surface area contributed by atoms with Crippen molar-refractivity contribution in [1.82, 2.24) is 19.9 Å². The van der Waals surface area contributed by atoms with E-state index >= 15 is 0 Å². The molecule has 3 heterocycles. The van der Waals surface area contributed by atoms with Gasteiger partial charge in [0.15, 0.2) is 0 Å². The van der Waals surface area contributed by atoms with Crippen LogP contribution >= 0.6 is 0 Å². The summed E-state index contributed by atoms with van der Waals surface area (Å²) < 4.78 is 1.67. The molecular weight excluding hydrogens is 402 g/mol. The normalized spacial score (nSPS) is 10.6. The van der Waals surface area contributed by atoms with Crippen LogP contribution in [-0.4, -0.2) is 20.4 Å². The highest BCUT2D eigenvalue weighted by Gasteiger charge is 2.08. The van der Waals surface area contributed by atoms with Gasteiger partial charge >= 0.3 is 0 Å². The third kappa shape index (κ3) is 5.46. The Morgan fingerprint density at radius 3 is 2.44 bits per heavy atom. The van der Waals surface area contributed by atoms with E-state index in [9.17, 15) is 9.59 Å². The number of pyridine rings is 3. The number of anilines is 1. The van der Waals surface area contributed by atoms with Gasteiger partial charge in [-0.15, -0.1) is 0 Å². The van der Waals surface area contributed by atoms with E-state index in [0.717, 1.165) is 22.3 Å². The van der Waals surface area contributed by atoms with Crippen LogP contribution in [-0.2, 0) is 19.5 Å². The average molecular weight is 425 g/mol. The van der Waals surface area contributed by atoms with E-state index < -0.39 is 0 Å². The Bertz CT molecular complexity index is 1260. The van der Waals surface area contributed by atoms with Gasteiger partial charge in [0.05, 0.1) is 12.1 Å². The van der Waals surface area contributed by atoms with Crippen molar-refractivity contribution in [2.45, 2.75) is 19.5 Å². The molecule has 0 aliphatic rings. The molecule has 4 aromatic rings. The van der Waals surface area contributed by atoms with Crippen LogP contribution in [0, 0.1) is 0 Å². The molecule has 0 saturated heterocycles. The number of nitrogens with two attached hydrogens (primary N) is 1. The summed E-state index contributed by atoms with van der Waals surface area (Å²) in [6.07, 6.45) is 7.39. The lowest BCUT2D eigenvalue weighted by Crippen LogP contribution is -2.23. The van der Waals surface area contributed by atoms with Gasteiger partial charge in [-0.3, -0.25) is 14.6 Å². The van der Waals surface area contributed by atoms with Gasteiger partial charge in [-0.1, -0.05) is 36.4 Å². The summed E-state index contributed by atoms with van der Waals surface area (Å²) in [5.41, 5.74) is 10.0. The molecule has 3 N–H and O–H groups in total. The Labute approximate surface area is 185 Å². The Hall–Kier alpha value is -4.26. The lowest BCUT2D eigenvalue weighted by Gasteiger charge is -2.08. The van der Waals surface area contributed by atoms with Crippen molar-refractivity contribution in [3.05, 3.63) is 124 Å². The fourth-order valence-corrected chi connectivity index (χ4v) is 3.32. The molecule has 160 valence electrons. The molecule has 0 aliphatic heterocycles. The third-order valence-corrected chi connectivity index (χ3v) is 5.04. The first-order valence-electron chi connectivity index (χ1n) is 10.2. The fourth-order valence-electron chi connectivity index (χ4n) is 3.32. The van der Waals surface area contributed by atoms with Crippen molar-refractivity contribution in [1.29, 1.82) is 0 Å². The molecule has 0 radical (unpaired) electrons. The van der Waals surface area contributed by atoms with Gasteiger partial charge in [-0.2, -0.15) is 0 Å². The molecule has 0 bridgehead atoms. The minimum atomic E-state index is -0.195. The highest BCUT2D eigenvalue weighted by molar-refractivity contribution is 5.94. The van der Waals surface area contributed by atoms with E-state index in [0.29, 0.717) is 30.9 Å². The summed E-state index contributed by atoms with van der Waals surface area (Å²) in [6.45, 7) is 0.892. The Morgan fingerprint density at radius 2 is 1.69 bits per heavy atom. The zero-order chi connectivity index (χ0) is 22.3. The zero-order valence-corrected chi connectivity index (χ0v) is 17.4. The molecule has 0 spiro atoms. The smallest absolute Gasteiger partial charge is 0.253 e. The largest absolute Gasteiger partial charge is 0.384 e. The van der Waals surface area contributed by atoms with Gasteiger partial charge in [0.1, 0.15) is 5.82 Å². The van der Waals surface area contributed by atoms with Gasteiger partial charge in [0.2, 0.25) is 0 Å². The van der Waals surface area contributed by atoms with E-state index in [4.69, 9.17) is 5.73 Å². The lowest BCUT2D eigenvalue weighted by atomic mass is 10.0. The predicted molar refractivity (Wildman–Crippen MR) is 123 cm³/mol. The number of nitrogens with zero attached hydrogens (tertiary/aromatic N) is 3. The standard InChI is InChI=1S/C25H23N5O2/c26-23-9-8-20(14-28-23)15-29-25(32)22-12-21(13-27-16-22)11-18-4-6-19(7-5-18)17-30-10-2-1-3-24(30)31/h1-10,12-14,16H,11,15,17H2,(H2,26,28)(H,29,32). The minimum absolute atomic E-state index is 0.0228. The second-order valence-electron chi connectivity index (χ2n) is 7.52. The molecule has 0 aliphatic carbocycles. The fraction of sp³-hybridized carbons (Fsp3) is 0.120. The number of aromatic nitrogens is 3. The molecule has 7 nitrogen and oxygen atoms in total. The number of amides is 1. The number of nitrogen functional groups attached to an aromatic ring is 1. The molecule has 0 unspecified atom stereocenters. The maximum absolute atomic E-state index is 12.5. The summed E-state index contributed by atoms with van der Waals surface area (Å²) in [7, 11) is 0. The number of benzene rings is 1.